The lowest BCUT2D eigenvalue weighted by atomic mass is 10.0. The molecule has 1 aromatic heterocycles. The molecule has 0 radical (unpaired) electrons. The van der Waals surface area contributed by atoms with Gasteiger partial charge in [0.1, 0.15) is 0 Å². The van der Waals surface area contributed by atoms with Crippen LogP contribution in [0.25, 0.3) is 10.8 Å². The fourth-order valence-corrected chi connectivity index (χ4v) is 4.80. The average Bonchev–Trinajstić information content (AvgIpc) is 2.74. The molecular formula is C24H22N2O3S. The number of nitrogens with one attached hydrogen (secondary N) is 1. The van der Waals surface area contributed by atoms with E-state index in [1.54, 1.807) is 0 Å². The summed E-state index contributed by atoms with van der Waals surface area (Å²) >= 11 is 0. The number of H-pyrrole nitrogens is 1. The van der Waals surface area contributed by atoms with Gasteiger partial charge in [0.15, 0.2) is 0 Å². The maximum atomic E-state index is 12.8. The maximum absolute atomic E-state index is 12.8. The highest BCUT2D eigenvalue weighted by atomic mass is 32.2. The Kier molecular flexibility index (Phi) is 5.77. The Morgan fingerprint density at radius 2 is 1.60 bits per heavy atom. The van der Waals surface area contributed by atoms with Gasteiger partial charge in [0.2, 0.25) is 15.0 Å². The number of hydrogen-bond acceptors (Lipinski definition) is 4. The predicted octanol–water partition coefficient (Wildman–Crippen LogP) is 3.92. The second kappa shape index (κ2) is 8.63. The van der Waals surface area contributed by atoms with Gasteiger partial charge >= 0.3 is 0 Å². The zero-order valence-corrected chi connectivity index (χ0v) is 17.2. The summed E-state index contributed by atoms with van der Waals surface area (Å²) in [5.41, 5.74) is 2.07. The molecule has 0 spiro atoms. The van der Waals surface area contributed by atoms with E-state index in [4.69, 9.17) is 0 Å². The zero-order chi connectivity index (χ0) is 21.0. The van der Waals surface area contributed by atoms with Crippen LogP contribution in [0.3, 0.4) is 0 Å². The van der Waals surface area contributed by atoms with Crippen molar-refractivity contribution < 1.29 is 8.42 Å². The van der Waals surface area contributed by atoms with Crippen molar-refractivity contribution in [2.45, 2.75) is 24.4 Å². The number of benzene rings is 3. The Morgan fingerprint density at radius 3 is 2.43 bits per heavy atom. The van der Waals surface area contributed by atoms with Crippen LogP contribution >= 0.6 is 0 Å². The van der Waals surface area contributed by atoms with E-state index in [0.29, 0.717) is 25.0 Å². The van der Waals surface area contributed by atoms with Gasteiger partial charge in [-0.1, -0.05) is 72.8 Å². The average molecular weight is 419 g/mol. The van der Waals surface area contributed by atoms with Crippen LogP contribution in [-0.2, 0) is 22.7 Å². The van der Waals surface area contributed by atoms with Crippen LogP contribution in [-0.4, -0.2) is 24.1 Å². The highest BCUT2D eigenvalue weighted by Gasteiger charge is 2.18. The fourth-order valence-electron chi connectivity index (χ4n) is 3.57. The normalized spacial score (nSPS) is 11.6. The van der Waals surface area contributed by atoms with Gasteiger partial charge in [0.05, 0.1) is 11.4 Å². The van der Waals surface area contributed by atoms with E-state index in [1.165, 1.54) is 6.07 Å². The van der Waals surface area contributed by atoms with Crippen molar-refractivity contribution in [1.82, 2.24) is 9.97 Å². The first-order valence-electron chi connectivity index (χ1n) is 9.85. The standard InChI is InChI=1S/C24H22N2O3S/c27-23-17-21(16-20-13-6-12-19-11-4-5-14-22(19)20)25-24(26-23)30(28,29)15-7-10-18-8-2-1-3-9-18/h1-6,8-9,11-14,17H,7,10,15-16H2,(H,25,26,27). The maximum Gasteiger partial charge on any atom is 0.251 e. The predicted molar refractivity (Wildman–Crippen MR) is 118 cm³/mol. The molecule has 3 aromatic carbocycles. The van der Waals surface area contributed by atoms with Crippen molar-refractivity contribution in [1.29, 1.82) is 0 Å². The highest BCUT2D eigenvalue weighted by Crippen LogP contribution is 2.21. The van der Waals surface area contributed by atoms with Gasteiger partial charge in [-0.05, 0) is 34.7 Å². The Bertz CT molecular complexity index is 1320. The van der Waals surface area contributed by atoms with Crippen molar-refractivity contribution in [3.05, 3.63) is 106 Å². The Hall–Kier alpha value is -3.25. The number of aromatic nitrogens is 2. The van der Waals surface area contributed by atoms with Crippen molar-refractivity contribution >= 4 is 20.6 Å². The van der Waals surface area contributed by atoms with Gasteiger partial charge in [-0.2, -0.15) is 0 Å². The van der Waals surface area contributed by atoms with Gasteiger partial charge in [0.25, 0.3) is 5.56 Å². The van der Waals surface area contributed by atoms with E-state index in [2.05, 4.69) is 9.97 Å². The molecule has 6 heteroatoms. The summed E-state index contributed by atoms with van der Waals surface area (Å²) < 4.78 is 25.5. The summed E-state index contributed by atoms with van der Waals surface area (Å²) in [6, 6.07) is 25.0. The number of fused-ring (bicyclic) bond motifs is 1. The quantitative estimate of drug-likeness (QED) is 0.461. The van der Waals surface area contributed by atoms with Crippen LogP contribution in [0.4, 0.5) is 0 Å². The first-order valence-corrected chi connectivity index (χ1v) is 11.5. The van der Waals surface area contributed by atoms with E-state index < -0.39 is 15.4 Å². The molecule has 30 heavy (non-hydrogen) atoms. The molecule has 0 saturated carbocycles. The molecule has 0 atom stereocenters. The lowest BCUT2D eigenvalue weighted by Crippen LogP contribution is -2.19. The molecule has 0 saturated heterocycles. The third-order valence-electron chi connectivity index (χ3n) is 5.04. The number of aryl methyl sites for hydroxylation is 1. The van der Waals surface area contributed by atoms with E-state index in [-0.39, 0.29) is 10.9 Å². The fraction of sp³-hybridized carbons (Fsp3) is 0.167. The van der Waals surface area contributed by atoms with Crippen LogP contribution in [0.15, 0.2) is 88.8 Å². The molecule has 0 bridgehead atoms. The van der Waals surface area contributed by atoms with Crippen molar-refractivity contribution in [3.8, 4) is 0 Å². The smallest absolute Gasteiger partial charge is 0.251 e. The molecule has 0 amide bonds. The van der Waals surface area contributed by atoms with Crippen LogP contribution in [0.1, 0.15) is 23.2 Å². The van der Waals surface area contributed by atoms with E-state index in [9.17, 15) is 13.2 Å². The van der Waals surface area contributed by atoms with Crippen LogP contribution in [0.2, 0.25) is 0 Å². The molecule has 152 valence electrons. The molecule has 0 aliphatic carbocycles. The van der Waals surface area contributed by atoms with Gasteiger partial charge < -0.3 is 0 Å². The van der Waals surface area contributed by atoms with Crippen molar-refractivity contribution in [2.24, 2.45) is 0 Å². The molecule has 5 nitrogen and oxygen atoms in total. The molecule has 0 aliphatic heterocycles. The van der Waals surface area contributed by atoms with Crippen LogP contribution in [0, 0.1) is 0 Å². The minimum atomic E-state index is -3.68. The Labute approximate surface area is 175 Å². The van der Waals surface area contributed by atoms with Crippen molar-refractivity contribution in [3.63, 3.8) is 0 Å². The third kappa shape index (κ3) is 4.66. The summed E-state index contributed by atoms with van der Waals surface area (Å²) in [6.45, 7) is 0. The van der Waals surface area contributed by atoms with Gasteiger partial charge in [-0.25, -0.2) is 13.4 Å². The highest BCUT2D eigenvalue weighted by molar-refractivity contribution is 7.91. The van der Waals surface area contributed by atoms with Gasteiger partial charge in [-0.3, -0.25) is 9.78 Å². The molecule has 1 heterocycles. The first-order chi connectivity index (χ1) is 14.5. The Morgan fingerprint density at radius 1 is 0.867 bits per heavy atom. The van der Waals surface area contributed by atoms with E-state index in [1.807, 2.05) is 72.8 Å². The molecule has 0 aliphatic rings. The minimum Gasteiger partial charge on any atom is -0.297 e. The second-order valence-electron chi connectivity index (χ2n) is 7.26. The van der Waals surface area contributed by atoms with Gasteiger partial charge in [0, 0.05) is 12.5 Å². The second-order valence-corrected chi connectivity index (χ2v) is 9.29. The molecule has 4 aromatic rings. The number of nitrogens with zero attached hydrogens (tertiary/aromatic N) is 1. The molecular weight excluding hydrogens is 396 g/mol. The SMILES string of the molecule is O=c1cc(Cc2cccc3ccccc23)nc(S(=O)(=O)CCCc2ccccc2)[nH]1. The van der Waals surface area contributed by atoms with Crippen LogP contribution in [0.5, 0.6) is 0 Å². The summed E-state index contributed by atoms with van der Waals surface area (Å²) in [6.07, 6.45) is 1.50. The Balaban J connectivity index is 1.56. The lowest BCUT2D eigenvalue weighted by molar-refractivity contribution is 0.582. The first kappa shape index (κ1) is 20.0. The molecule has 0 unspecified atom stereocenters. The number of aromatic amines is 1. The molecule has 0 fully saturated rings. The van der Waals surface area contributed by atoms with Crippen molar-refractivity contribution in [2.75, 3.05) is 5.75 Å². The molecule has 4 rings (SSSR count). The summed E-state index contributed by atoms with van der Waals surface area (Å²) in [7, 11) is -3.68. The van der Waals surface area contributed by atoms with E-state index in [0.717, 1.165) is 21.9 Å². The summed E-state index contributed by atoms with van der Waals surface area (Å²) in [4.78, 5) is 18.8. The number of sulfone groups is 1. The van der Waals surface area contributed by atoms with Crippen LogP contribution < -0.4 is 5.56 Å². The topological polar surface area (TPSA) is 79.9 Å². The van der Waals surface area contributed by atoms with Gasteiger partial charge in [-0.15, -0.1) is 0 Å². The minimum absolute atomic E-state index is 0.0669. The zero-order valence-electron chi connectivity index (χ0n) is 16.4. The summed E-state index contributed by atoms with van der Waals surface area (Å²) in [5.74, 6) is -0.0669. The lowest BCUT2D eigenvalue weighted by Gasteiger charge is -2.08. The molecule has 1 N–H and O–H groups in total. The summed E-state index contributed by atoms with van der Waals surface area (Å²) in [5, 5.41) is 1.90. The largest absolute Gasteiger partial charge is 0.297 e. The number of hydrogen-bond donors (Lipinski definition) is 1. The number of rotatable bonds is 7. The van der Waals surface area contributed by atoms with E-state index >= 15 is 0 Å². The third-order valence-corrected chi connectivity index (χ3v) is 6.65. The monoisotopic (exact) mass is 418 g/mol.